The van der Waals surface area contributed by atoms with E-state index in [4.69, 9.17) is 14.2 Å². The molecule has 368 valence electrons. The summed E-state index contributed by atoms with van der Waals surface area (Å²) in [4.78, 5) is 25.4. The Morgan fingerprint density at radius 3 is 1.19 bits per heavy atom. The van der Waals surface area contributed by atoms with Crippen LogP contribution in [0.5, 0.6) is 0 Å². The van der Waals surface area contributed by atoms with Crippen LogP contribution < -0.4 is 0 Å². The largest absolute Gasteiger partial charge is 0.462 e. The number of rotatable bonds is 49. The zero-order valence-corrected chi connectivity index (χ0v) is 42.3. The molecule has 0 fully saturated rings. The van der Waals surface area contributed by atoms with Crippen molar-refractivity contribution in [3.05, 3.63) is 85.1 Å². The minimum absolute atomic E-state index is 0.0427. The Balaban J connectivity index is 4.37. The molecule has 64 heavy (non-hydrogen) atoms. The average molecular weight is 891 g/mol. The molecule has 1 atom stereocenters. The predicted molar refractivity (Wildman–Crippen MR) is 279 cm³/mol. The molecule has 0 aliphatic rings. The number of unbranched alkanes of at least 4 members (excludes halogenated alkanes) is 24. The van der Waals surface area contributed by atoms with Gasteiger partial charge >= 0.3 is 11.9 Å². The van der Waals surface area contributed by atoms with Gasteiger partial charge in [-0.25, -0.2) is 0 Å². The lowest BCUT2D eigenvalue weighted by atomic mass is 10.1. The molecule has 0 N–H and O–H groups in total. The molecule has 0 saturated heterocycles. The molecular formula is C59H102O5. The Labute approximate surface area is 397 Å². The summed E-state index contributed by atoms with van der Waals surface area (Å²) in [5.74, 6) is -0.494. The molecule has 0 aromatic rings. The van der Waals surface area contributed by atoms with Gasteiger partial charge in [0.25, 0.3) is 0 Å². The lowest BCUT2D eigenvalue weighted by molar-refractivity contribution is -0.162. The number of allylic oxidation sites excluding steroid dienone is 14. The molecule has 0 saturated carbocycles. The maximum atomic E-state index is 12.8. The van der Waals surface area contributed by atoms with E-state index in [1.165, 1.54) is 141 Å². The molecule has 0 amide bonds. The van der Waals surface area contributed by atoms with Crippen molar-refractivity contribution in [2.75, 3.05) is 19.8 Å². The van der Waals surface area contributed by atoms with Crippen LogP contribution in [0.1, 0.15) is 252 Å². The third-order valence-corrected chi connectivity index (χ3v) is 11.4. The highest BCUT2D eigenvalue weighted by Crippen LogP contribution is 2.14. The van der Waals surface area contributed by atoms with E-state index < -0.39 is 6.10 Å². The first-order chi connectivity index (χ1) is 31.6. The van der Waals surface area contributed by atoms with Crippen molar-refractivity contribution >= 4 is 11.9 Å². The Morgan fingerprint density at radius 1 is 0.359 bits per heavy atom. The van der Waals surface area contributed by atoms with Crippen LogP contribution in [0.2, 0.25) is 0 Å². The zero-order chi connectivity index (χ0) is 46.3. The van der Waals surface area contributed by atoms with Crippen LogP contribution in [0.4, 0.5) is 0 Å². The second-order valence-electron chi connectivity index (χ2n) is 17.8. The topological polar surface area (TPSA) is 61.8 Å². The van der Waals surface area contributed by atoms with Crippen molar-refractivity contribution in [2.45, 2.75) is 258 Å². The number of esters is 2. The Bertz CT molecular complexity index is 1190. The number of ether oxygens (including phenoxy) is 3. The fraction of sp³-hybridized carbons (Fsp3) is 0.729. The lowest BCUT2D eigenvalue weighted by Crippen LogP contribution is -2.30. The molecule has 0 aromatic carbocycles. The molecule has 0 rings (SSSR count). The first-order valence-corrected chi connectivity index (χ1v) is 27.1. The molecule has 0 aliphatic carbocycles. The molecule has 0 radical (unpaired) electrons. The highest BCUT2D eigenvalue weighted by molar-refractivity contribution is 5.70. The predicted octanol–water partition coefficient (Wildman–Crippen LogP) is 18.5. The number of carbonyl (C=O) groups excluding carboxylic acids is 2. The summed E-state index contributed by atoms with van der Waals surface area (Å²) < 4.78 is 17.4. The molecule has 5 nitrogen and oxygen atoms in total. The minimum Gasteiger partial charge on any atom is -0.462 e. The molecule has 0 aromatic heterocycles. The number of hydrogen-bond donors (Lipinski definition) is 0. The van der Waals surface area contributed by atoms with E-state index in [0.29, 0.717) is 25.9 Å². The normalized spacial score (nSPS) is 12.9. The Kier molecular flexibility index (Phi) is 51.9. The van der Waals surface area contributed by atoms with E-state index in [2.05, 4.69) is 99.8 Å². The summed E-state index contributed by atoms with van der Waals surface area (Å²) in [6, 6.07) is 0. The van der Waals surface area contributed by atoms with Crippen molar-refractivity contribution in [2.24, 2.45) is 0 Å². The van der Waals surface area contributed by atoms with Gasteiger partial charge in [-0.2, -0.15) is 0 Å². The summed E-state index contributed by atoms with van der Waals surface area (Å²) in [7, 11) is 0. The van der Waals surface area contributed by atoms with Crippen molar-refractivity contribution in [3.63, 3.8) is 0 Å². The lowest BCUT2D eigenvalue weighted by Gasteiger charge is -2.18. The molecule has 1 unspecified atom stereocenters. The van der Waals surface area contributed by atoms with Gasteiger partial charge in [0.1, 0.15) is 6.61 Å². The van der Waals surface area contributed by atoms with Gasteiger partial charge in [-0.15, -0.1) is 0 Å². The van der Waals surface area contributed by atoms with Crippen LogP contribution in [-0.2, 0) is 23.8 Å². The molecule has 0 heterocycles. The van der Waals surface area contributed by atoms with Gasteiger partial charge in [-0.05, 0) is 83.5 Å². The van der Waals surface area contributed by atoms with Gasteiger partial charge in [-0.3, -0.25) is 9.59 Å². The zero-order valence-electron chi connectivity index (χ0n) is 42.3. The number of carbonyl (C=O) groups is 2. The third kappa shape index (κ3) is 51.7. The van der Waals surface area contributed by atoms with Gasteiger partial charge in [0.05, 0.1) is 6.61 Å². The van der Waals surface area contributed by atoms with Crippen LogP contribution in [-0.4, -0.2) is 37.9 Å². The van der Waals surface area contributed by atoms with Crippen molar-refractivity contribution in [1.82, 2.24) is 0 Å². The van der Waals surface area contributed by atoms with Crippen LogP contribution in [0.3, 0.4) is 0 Å². The second-order valence-corrected chi connectivity index (χ2v) is 17.8. The quantitative estimate of drug-likeness (QED) is 0.0346. The summed E-state index contributed by atoms with van der Waals surface area (Å²) >= 11 is 0. The maximum absolute atomic E-state index is 12.8. The van der Waals surface area contributed by atoms with Crippen molar-refractivity contribution in [1.29, 1.82) is 0 Å². The Morgan fingerprint density at radius 2 is 0.734 bits per heavy atom. The van der Waals surface area contributed by atoms with E-state index in [9.17, 15) is 9.59 Å². The average Bonchev–Trinajstić information content (AvgIpc) is 3.30. The fourth-order valence-electron chi connectivity index (χ4n) is 7.41. The van der Waals surface area contributed by atoms with Gasteiger partial charge in [0.2, 0.25) is 0 Å². The second kappa shape index (κ2) is 54.4. The van der Waals surface area contributed by atoms with Crippen LogP contribution >= 0.6 is 0 Å². The van der Waals surface area contributed by atoms with Gasteiger partial charge in [-0.1, -0.05) is 241 Å². The summed E-state index contributed by atoms with van der Waals surface area (Å²) in [6.45, 7) is 7.64. The SMILES string of the molecule is CC/C=C\C/C=C\C/C=C\C/C=C\C/C=C\C/C=C\CCC(=O)OCC(COCCCCCCCCCCCCCC)OC(=O)CCCCCCCCC/C=C\CCCCCCCC. The Hall–Kier alpha value is -2.92. The summed E-state index contributed by atoms with van der Waals surface area (Å²) in [5.41, 5.74) is 0. The van der Waals surface area contributed by atoms with Crippen LogP contribution in [0, 0.1) is 0 Å². The van der Waals surface area contributed by atoms with Gasteiger partial charge < -0.3 is 14.2 Å². The molecule has 0 spiro atoms. The van der Waals surface area contributed by atoms with E-state index in [1.54, 1.807) is 0 Å². The van der Waals surface area contributed by atoms with E-state index >= 15 is 0 Å². The molecule has 0 aliphatic heterocycles. The highest BCUT2D eigenvalue weighted by atomic mass is 16.6. The van der Waals surface area contributed by atoms with Crippen LogP contribution in [0.25, 0.3) is 0 Å². The molecule has 5 heteroatoms. The fourth-order valence-corrected chi connectivity index (χ4v) is 7.41. The monoisotopic (exact) mass is 891 g/mol. The number of hydrogen-bond acceptors (Lipinski definition) is 5. The van der Waals surface area contributed by atoms with E-state index in [1.807, 2.05) is 6.08 Å². The molecular weight excluding hydrogens is 789 g/mol. The first-order valence-electron chi connectivity index (χ1n) is 27.1. The van der Waals surface area contributed by atoms with Crippen LogP contribution in [0.15, 0.2) is 85.1 Å². The van der Waals surface area contributed by atoms with Crippen molar-refractivity contribution < 1.29 is 23.8 Å². The van der Waals surface area contributed by atoms with Crippen molar-refractivity contribution in [3.8, 4) is 0 Å². The maximum Gasteiger partial charge on any atom is 0.306 e. The summed E-state index contributed by atoms with van der Waals surface area (Å²) in [6.07, 6.45) is 71.8. The third-order valence-electron chi connectivity index (χ3n) is 11.4. The minimum atomic E-state index is -0.570. The summed E-state index contributed by atoms with van der Waals surface area (Å²) in [5, 5.41) is 0. The smallest absolute Gasteiger partial charge is 0.306 e. The van der Waals surface area contributed by atoms with Gasteiger partial charge in [0.15, 0.2) is 6.10 Å². The molecule has 0 bridgehead atoms. The van der Waals surface area contributed by atoms with E-state index in [0.717, 1.165) is 70.6 Å². The van der Waals surface area contributed by atoms with E-state index in [-0.39, 0.29) is 25.2 Å². The highest BCUT2D eigenvalue weighted by Gasteiger charge is 2.17. The van der Waals surface area contributed by atoms with Gasteiger partial charge in [0, 0.05) is 19.4 Å². The standard InChI is InChI=1S/C59H102O5/c1-4-7-10-13-16-19-22-25-27-29-30-32-33-35-37-40-43-46-49-52-58(60)63-56-57(55-62-54-51-48-45-42-39-24-21-18-15-12-9-6-3)64-59(61)53-50-47-44-41-38-36-34-31-28-26-23-20-17-14-11-8-5-2/h7,10,16,19,25-28,30,32,35,37,43,46,57H,4-6,8-9,11-15,17-18,20-24,29,31,33-34,36,38-42,44-45,47-56H2,1-3H3/b10-7-,19-16-,27-25-,28-26-,32-30-,37-35-,46-43-. The first kappa shape index (κ1) is 61.1.